The van der Waals surface area contributed by atoms with Gasteiger partial charge < -0.3 is 19.6 Å². The number of allylic oxidation sites excluding steroid dienone is 1. The quantitative estimate of drug-likeness (QED) is 0.0171. The predicted octanol–water partition coefficient (Wildman–Crippen LogP) is 15.4. The lowest BCUT2D eigenvalue weighted by atomic mass is 10.0. The third-order valence-electron chi connectivity index (χ3n) is 11.4. The Morgan fingerprint density at radius 3 is 1.51 bits per heavy atom. The van der Waals surface area contributed by atoms with Crippen LogP contribution in [0.4, 0.5) is 34.1 Å². The number of anilines is 6. The van der Waals surface area contributed by atoms with Crippen molar-refractivity contribution in [3.63, 3.8) is 0 Å². The zero-order chi connectivity index (χ0) is 45.8. The topological polar surface area (TPSA) is 98.2 Å². The molecule has 65 heavy (non-hydrogen) atoms. The van der Waals surface area contributed by atoms with Crippen LogP contribution in [0.1, 0.15) is 93.4 Å². The Morgan fingerprint density at radius 2 is 1.06 bits per heavy atom. The summed E-state index contributed by atoms with van der Waals surface area (Å²) in [6, 6.07) is 50.5. The summed E-state index contributed by atoms with van der Waals surface area (Å²) < 4.78 is 4.99. The highest BCUT2D eigenvalue weighted by Gasteiger charge is 2.19. The number of unbranched alkanes of at least 4 members (excludes halogenated alkanes) is 9. The number of carboxylic acid groups (broad SMARTS) is 1. The largest absolute Gasteiger partial charge is 0.486 e. The second-order valence-electron chi connectivity index (χ2n) is 16.1. The van der Waals surface area contributed by atoms with Crippen molar-refractivity contribution in [1.82, 2.24) is 0 Å². The molecule has 0 bridgehead atoms. The highest BCUT2D eigenvalue weighted by atomic mass is 16.5. The summed E-state index contributed by atoms with van der Waals surface area (Å²) in [6.07, 6.45) is 17.1. The smallest absolute Gasteiger partial charge is 0.333 e. The number of nitrogens with zero attached hydrogens (tertiary/aromatic N) is 4. The number of rotatable bonds is 23. The lowest BCUT2D eigenvalue weighted by molar-refractivity contribution is -0.132. The van der Waals surface area contributed by atoms with Crippen LogP contribution in [0.15, 0.2) is 157 Å². The van der Waals surface area contributed by atoms with E-state index >= 15 is 0 Å². The molecule has 6 aromatic carbocycles. The van der Waals surface area contributed by atoms with Gasteiger partial charge in [-0.15, -0.1) is 0 Å². The maximum absolute atomic E-state index is 11.8. The third kappa shape index (κ3) is 12.9. The normalized spacial score (nSPS) is 11.3. The number of aliphatic carboxylic acids is 1. The second-order valence-corrected chi connectivity index (χ2v) is 16.1. The number of benzene rings is 6. The Labute approximate surface area is 384 Å². The molecular formula is C57H56N4O4. The van der Waals surface area contributed by atoms with Crippen molar-refractivity contribution in [2.45, 2.75) is 84.5 Å². The third-order valence-corrected chi connectivity index (χ3v) is 11.4. The molecule has 6 rings (SSSR count). The Bertz CT molecular complexity index is 2640. The fourth-order valence-corrected chi connectivity index (χ4v) is 7.98. The van der Waals surface area contributed by atoms with E-state index in [0.29, 0.717) is 11.1 Å². The molecule has 0 unspecified atom stereocenters. The van der Waals surface area contributed by atoms with Gasteiger partial charge in [-0.25, -0.2) is 4.85 Å². The maximum atomic E-state index is 11.8. The number of aryl methyl sites for hydroxylation is 2. The minimum absolute atomic E-state index is 0.104. The van der Waals surface area contributed by atoms with E-state index in [1.165, 1.54) is 69.4 Å². The Hall–Kier alpha value is -7.68. The molecule has 6 aromatic rings. The summed E-state index contributed by atoms with van der Waals surface area (Å²) in [6.45, 7) is 12.0. The molecule has 0 heterocycles. The molecule has 8 nitrogen and oxygen atoms in total. The average molecular weight is 861 g/mol. The molecule has 0 saturated heterocycles. The van der Waals surface area contributed by atoms with Crippen LogP contribution in [-0.2, 0) is 20.7 Å². The summed E-state index contributed by atoms with van der Waals surface area (Å²) in [4.78, 5) is 30.5. The number of carbonyl (C=O) groups excluding carboxylic acids is 1. The molecule has 0 radical (unpaired) electrons. The van der Waals surface area contributed by atoms with E-state index in [9.17, 15) is 20.0 Å². The average Bonchev–Trinajstić information content (AvgIpc) is 3.33. The molecule has 0 aliphatic heterocycles. The molecule has 0 spiro atoms. The summed E-state index contributed by atoms with van der Waals surface area (Å²) in [5.41, 5.74) is 10.5. The highest BCUT2D eigenvalue weighted by molar-refractivity contribution is 5.96. The van der Waals surface area contributed by atoms with Crippen molar-refractivity contribution in [2.75, 3.05) is 9.80 Å². The van der Waals surface area contributed by atoms with E-state index in [1.807, 2.05) is 97.9 Å². The van der Waals surface area contributed by atoms with Crippen LogP contribution >= 0.6 is 0 Å². The van der Waals surface area contributed by atoms with Crippen LogP contribution in [0.25, 0.3) is 28.1 Å². The summed E-state index contributed by atoms with van der Waals surface area (Å²) in [5.74, 6) is -1.38. The fraction of sp³-hybridized carbons (Fsp3) is 0.228. The van der Waals surface area contributed by atoms with Crippen molar-refractivity contribution >= 4 is 58.7 Å². The first-order chi connectivity index (χ1) is 31.8. The van der Waals surface area contributed by atoms with Gasteiger partial charge in [0.05, 0.1) is 17.9 Å². The Kier molecular flexibility index (Phi) is 17.5. The molecule has 0 amide bonds. The first-order valence-electron chi connectivity index (χ1n) is 22.5. The van der Waals surface area contributed by atoms with Crippen molar-refractivity contribution in [3.8, 4) is 17.2 Å². The molecule has 1 N–H and O–H groups in total. The number of ether oxygens (including phenoxy) is 1. The lowest BCUT2D eigenvalue weighted by Crippen LogP contribution is -2.12. The molecule has 0 atom stereocenters. The van der Waals surface area contributed by atoms with E-state index in [2.05, 4.69) is 82.2 Å². The molecule has 0 aromatic heterocycles. The lowest BCUT2D eigenvalue weighted by Gasteiger charge is -2.28. The molecular weight excluding hydrogens is 805 g/mol. The zero-order valence-corrected chi connectivity index (χ0v) is 37.3. The number of para-hydroxylation sites is 2. The van der Waals surface area contributed by atoms with Crippen molar-refractivity contribution in [3.05, 3.63) is 191 Å². The number of hydrogen-bond acceptors (Lipinski definition) is 6. The van der Waals surface area contributed by atoms with E-state index in [-0.39, 0.29) is 17.9 Å². The van der Waals surface area contributed by atoms with Crippen LogP contribution in [0.2, 0.25) is 0 Å². The van der Waals surface area contributed by atoms with Crippen molar-refractivity contribution in [1.29, 1.82) is 5.26 Å². The van der Waals surface area contributed by atoms with E-state index < -0.39 is 5.97 Å². The van der Waals surface area contributed by atoms with Gasteiger partial charge in [-0.1, -0.05) is 155 Å². The van der Waals surface area contributed by atoms with Gasteiger partial charge in [-0.3, -0.25) is 9.59 Å². The Balaban J connectivity index is 1.28. The van der Waals surface area contributed by atoms with E-state index in [1.54, 1.807) is 6.08 Å². The molecule has 0 aliphatic carbocycles. The van der Waals surface area contributed by atoms with Crippen LogP contribution < -0.4 is 9.80 Å². The number of carbonyl (C=O) groups is 2. The van der Waals surface area contributed by atoms with Gasteiger partial charge in [0.15, 0.2) is 0 Å². The molecule has 0 aliphatic rings. The highest BCUT2D eigenvalue weighted by Crippen LogP contribution is 2.41. The van der Waals surface area contributed by atoms with Gasteiger partial charge in [-0.05, 0) is 109 Å². The van der Waals surface area contributed by atoms with E-state index in [0.717, 1.165) is 63.7 Å². The van der Waals surface area contributed by atoms with Gasteiger partial charge >= 0.3 is 5.97 Å². The monoisotopic (exact) mass is 860 g/mol. The zero-order valence-electron chi connectivity index (χ0n) is 37.3. The summed E-state index contributed by atoms with van der Waals surface area (Å²) >= 11 is 0. The SMILES string of the molecule is [C-]#[N+]/C(=C/c1ccccc1N(c1ccc(C)cc1)c1ccc(-c2ccc(N(c3ccc(CCCCCCCCCCCC)cc3)c3ccccc3/C=C(/C#N)OC=O)cc2)cc1)C(=O)O. The molecule has 0 fully saturated rings. The van der Waals surface area contributed by atoms with Crippen LogP contribution in [-0.4, -0.2) is 17.5 Å². The first kappa shape index (κ1) is 46.8. The maximum Gasteiger partial charge on any atom is 0.333 e. The molecule has 0 saturated carbocycles. The predicted molar refractivity (Wildman–Crippen MR) is 264 cm³/mol. The van der Waals surface area contributed by atoms with Crippen molar-refractivity contribution < 1.29 is 19.4 Å². The van der Waals surface area contributed by atoms with Gasteiger partial charge in [0.2, 0.25) is 5.76 Å². The molecule has 8 heteroatoms. The standard InChI is InChI=1S/C57H56N4O4/c1-4-5-6-7-8-9-10-11-12-13-18-44-25-33-50(34-26-44)61(55-21-16-14-19-47(55)39-53(41-58)65-42-62)52-37-29-46(30-38-52)45-27-35-51(36-28-45)60(49-31-23-43(2)24-32-49)56-22-17-15-20-48(56)40-54(59-3)57(63)64/h14-17,19-40,42H,4-13,18H2,1-2H3,(H,63,64)/b53-39-,54-40+. The van der Waals surface area contributed by atoms with Gasteiger partial charge in [-0.2, -0.15) is 5.26 Å². The number of hydrogen-bond donors (Lipinski definition) is 1. The Morgan fingerprint density at radius 1 is 0.631 bits per heavy atom. The van der Waals surface area contributed by atoms with Gasteiger partial charge in [0, 0.05) is 34.4 Å². The molecule has 328 valence electrons. The summed E-state index contributed by atoms with van der Waals surface area (Å²) in [7, 11) is 0. The minimum atomic E-state index is -1.28. The second kappa shape index (κ2) is 24.2. The minimum Gasteiger partial charge on any atom is -0.486 e. The van der Waals surface area contributed by atoms with Gasteiger partial charge in [0.25, 0.3) is 12.2 Å². The van der Waals surface area contributed by atoms with Gasteiger partial charge in [0.1, 0.15) is 6.07 Å². The van der Waals surface area contributed by atoms with Crippen LogP contribution in [0, 0.1) is 24.8 Å². The summed E-state index contributed by atoms with van der Waals surface area (Å²) in [5, 5.41) is 19.4. The van der Waals surface area contributed by atoms with Crippen LogP contribution in [0.3, 0.4) is 0 Å². The fourth-order valence-electron chi connectivity index (χ4n) is 7.98. The number of nitriles is 1. The first-order valence-corrected chi connectivity index (χ1v) is 22.5. The number of carboxylic acids is 1. The van der Waals surface area contributed by atoms with Crippen LogP contribution in [0.5, 0.6) is 0 Å². The van der Waals surface area contributed by atoms with E-state index in [4.69, 9.17) is 11.3 Å². The van der Waals surface area contributed by atoms with Crippen molar-refractivity contribution in [2.24, 2.45) is 0 Å².